The Balaban J connectivity index is 1.51. The molecule has 2 heterocycles. The Hall–Kier alpha value is -0.870. The highest BCUT2D eigenvalue weighted by Gasteiger charge is 2.50. The van der Waals surface area contributed by atoms with Gasteiger partial charge in [-0.1, -0.05) is 0 Å². The van der Waals surface area contributed by atoms with Gasteiger partial charge in [-0.15, -0.1) is 0 Å². The van der Waals surface area contributed by atoms with Crippen LogP contribution in [-0.4, -0.2) is 39.4 Å². The van der Waals surface area contributed by atoms with E-state index in [-0.39, 0.29) is 0 Å². The molecule has 2 atom stereocenters. The van der Waals surface area contributed by atoms with Crippen LogP contribution in [0.3, 0.4) is 0 Å². The number of nitrogens with zero attached hydrogens (tertiary/aromatic N) is 3. The summed E-state index contributed by atoms with van der Waals surface area (Å²) >= 11 is 0. The summed E-state index contributed by atoms with van der Waals surface area (Å²) in [5.74, 6) is 1.83. The topological polar surface area (TPSA) is 33.1 Å². The van der Waals surface area contributed by atoms with E-state index in [0.717, 1.165) is 31.0 Å². The van der Waals surface area contributed by atoms with Gasteiger partial charge in [0.1, 0.15) is 0 Å². The molecule has 1 N–H and O–H groups in total. The Morgan fingerprint density at radius 3 is 2.76 bits per heavy atom. The van der Waals surface area contributed by atoms with Crippen molar-refractivity contribution in [2.45, 2.75) is 64.2 Å². The van der Waals surface area contributed by atoms with Crippen molar-refractivity contribution in [3.8, 4) is 0 Å². The molecule has 3 fully saturated rings. The summed E-state index contributed by atoms with van der Waals surface area (Å²) in [6, 6.07) is 0.720. The Bertz CT molecular complexity index is 503. The van der Waals surface area contributed by atoms with E-state index >= 15 is 0 Å². The fraction of sp³-hybridized carbons (Fsp3) is 0.824. The van der Waals surface area contributed by atoms with Crippen molar-refractivity contribution in [1.82, 2.24) is 20.0 Å². The lowest BCUT2D eigenvalue weighted by Crippen LogP contribution is -2.64. The first-order chi connectivity index (χ1) is 10.2. The van der Waals surface area contributed by atoms with Crippen molar-refractivity contribution in [3.63, 3.8) is 0 Å². The van der Waals surface area contributed by atoms with Gasteiger partial charge in [0.15, 0.2) is 0 Å². The normalized spacial score (nSPS) is 34.3. The van der Waals surface area contributed by atoms with Crippen molar-refractivity contribution in [2.24, 2.45) is 11.8 Å². The minimum Gasteiger partial charge on any atom is -0.311 e. The zero-order valence-electron chi connectivity index (χ0n) is 13.4. The standard InChI is InChI=1S/C17H28N4/c1-3-21-10-13(8-19-21)9-20-11-16(14-4-5-14)18-12-17(20,2)15-6-7-15/h8,10,14-16,18H,3-7,9,11-12H2,1-2H3. The molecule has 0 radical (unpaired) electrons. The molecule has 0 bridgehead atoms. The zero-order valence-corrected chi connectivity index (χ0v) is 13.4. The molecule has 0 spiro atoms. The summed E-state index contributed by atoms with van der Waals surface area (Å²) < 4.78 is 2.05. The fourth-order valence-electron chi connectivity index (χ4n) is 4.01. The predicted molar refractivity (Wildman–Crippen MR) is 84.0 cm³/mol. The number of aromatic nitrogens is 2. The molecule has 0 aromatic carbocycles. The van der Waals surface area contributed by atoms with Gasteiger partial charge in [0.2, 0.25) is 0 Å². The summed E-state index contributed by atoms with van der Waals surface area (Å²) in [6.45, 7) is 9.05. The summed E-state index contributed by atoms with van der Waals surface area (Å²) in [5, 5.41) is 8.31. The second-order valence-electron chi connectivity index (χ2n) is 7.54. The first-order valence-corrected chi connectivity index (χ1v) is 8.69. The molecule has 4 heteroatoms. The molecule has 4 rings (SSSR count). The van der Waals surface area contributed by atoms with Crippen LogP contribution in [0.5, 0.6) is 0 Å². The molecule has 3 aliphatic rings. The maximum absolute atomic E-state index is 4.45. The molecule has 1 aliphatic heterocycles. The summed E-state index contributed by atoms with van der Waals surface area (Å²) in [5.41, 5.74) is 1.72. The van der Waals surface area contributed by atoms with Gasteiger partial charge in [-0.3, -0.25) is 9.58 Å². The van der Waals surface area contributed by atoms with Crippen LogP contribution < -0.4 is 5.32 Å². The molecular formula is C17H28N4. The van der Waals surface area contributed by atoms with E-state index in [0.29, 0.717) is 5.54 Å². The average Bonchev–Trinajstić information content (AvgIpc) is 3.38. The number of nitrogens with one attached hydrogen (secondary N) is 1. The number of rotatable bonds is 5. The van der Waals surface area contributed by atoms with E-state index in [1.807, 2.05) is 4.68 Å². The molecule has 1 saturated heterocycles. The summed E-state index contributed by atoms with van der Waals surface area (Å²) in [4.78, 5) is 2.77. The SMILES string of the molecule is CCn1cc(CN2CC(C3CC3)NCC2(C)C2CC2)cn1. The van der Waals surface area contributed by atoms with Gasteiger partial charge < -0.3 is 5.32 Å². The van der Waals surface area contributed by atoms with Crippen molar-refractivity contribution >= 4 is 0 Å². The lowest BCUT2D eigenvalue weighted by atomic mass is 9.88. The van der Waals surface area contributed by atoms with Gasteiger partial charge in [-0.2, -0.15) is 5.10 Å². The molecular weight excluding hydrogens is 260 g/mol. The van der Waals surface area contributed by atoms with Crippen LogP contribution in [0, 0.1) is 11.8 Å². The van der Waals surface area contributed by atoms with Crippen LogP contribution in [-0.2, 0) is 13.1 Å². The van der Waals surface area contributed by atoms with Gasteiger partial charge in [0.25, 0.3) is 0 Å². The highest BCUT2D eigenvalue weighted by Crippen LogP contribution is 2.46. The molecule has 2 aliphatic carbocycles. The largest absolute Gasteiger partial charge is 0.311 e. The predicted octanol–water partition coefficient (Wildman–Crippen LogP) is 2.26. The van der Waals surface area contributed by atoms with Crippen molar-refractivity contribution in [3.05, 3.63) is 18.0 Å². The molecule has 21 heavy (non-hydrogen) atoms. The van der Waals surface area contributed by atoms with E-state index in [1.54, 1.807) is 0 Å². The summed E-state index contributed by atoms with van der Waals surface area (Å²) in [6.07, 6.45) is 9.97. The molecule has 1 aromatic rings. The van der Waals surface area contributed by atoms with Crippen molar-refractivity contribution in [2.75, 3.05) is 13.1 Å². The van der Waals surface area contributed by atoms with Gasteiger partial charge in [0, 0.05) is 49.5 Å². The van der Waals surface area contributed by atoms with E-state index < -0.39 is 0 Å². The van der Waals surface area contributed by atoms with Gasteiger partial charge in [0.05, 0.1) is 6.20 Å². The number of hydrogen-bond donors (Lipinski definition) is 1. The second-order valence-corrected chi connectivity index (χ2v) is 7.54. The monoisotopic (exact) mass is 288 g/mol. The van der Waals surface area contributed by atoms with Crippen molar-refractivity contribution < 1.29 is 0 Å². The van der Waals surface area contributed by atoms with Crippen LogP contribution in [0.2, 0.25) is 0 Å². The van der Waals surface area contributed by atoms with Gasteiger partial charge >= 0.3 is 0 Å². The third kappa shape index (κ3) is 2.64. The van der Waals surface area contributed by atoms with E-state index in [2.05, 4.69) is 41.6 Å². The van der Waals surface area contributed by atoms with E-state index in [9.17, 15) is 0 Å². The molecule has 2 saturated carbocycles. The van der Waals surface area contributed by atoms with E-state index in [4.69, 9.17) is 0 Å². The molecule has 1 aromatic heterocycles. The van der Waals surface area contributed by atoms with Crippen LogP contribution in [0.1, 0.15) is 45.1 Å². The molecule has 2 unspecified atom stereocenters. The minimum atomic E-state index is 0.347. The first-order valence-electron chi connectivity index (χ1n) is 8.69. The smallest absolute Gasteiger partial charge is 0.0534 e. The third-order valence-corrected chi connectivity index (χ3v) is 5.89. The maximum Gasteiger partial charge on any atom is 0.0534 e. The highest BCUT2D eigenvalue weighted by molar-refractivity contribution is 5.11. The average molecular weight is 288 g/mol. The van der Waals surface area contributed by atoms with E-state index in [1.165, 1.54) is 44.3 Å². The maximum atomic E-state index is 4.45. The van der Waals surface area contributed by atoms with Gasteiger partial charge in [-0.05, 0) is 51.4 Å². The highest BCUT2D eigenvalue weighted by atomic mass is 15.3. The second kappa shape index (κ2) is 5.10. The zero-order chi connectivity index (χ0) is 14.4. The molecule has 116 valence electrons. The Kier molecular flexibility index (Phi) is 3.34. The van der Waals surface area contributed by atoms with Crippen LogP contribution in [0.4, 0.5) is 0 Å². The Morgan fingerprint density at radius 2 is 2.14 bits per heavy atom. The van der Waals surface area contributed by atoms with Crippen LogP contribution in [0.15, 0.2) is 12.4 Å². The fourth-order valence-corrected chi connectivity index (χ4v) is 4.01. The minimum absolute atomic E-state index is 0.347. The van der Waals surface area contributed by atoms with Gasteiger partial charge in [-0.25, -0.2) is 0 Å². The van der Waals surface area contributed by atoms with Crippen LogP contribution >= 0.6 is 0 Å². The van der Waals surface area contributed by atoms with Crippen molar-refractivity contribution in [1.29, 1.82) is 0 Å². The quantitative estimate of drug-likeness (QED) is 0.902. The number of piperazine rings is 1. The lowest BCUT2D eigenvalue weighted by molar-refractivity contribution is 0.0234. The summed E-state index contributed by atoms with van der Waals surface area (Å²) in [7, 11) is 0. The molecule has 4 nitrogen and oxygen atoms in total. The Morgan fingerprint density at radius 1 is 1.33 bits per heavy atom. The Labute approximate surface area is 127 Å². The number of aryl methyl sites for hydroxylation is 1. The molecule has 0 amide bonds. The third-order valence-electron chi connectivity index (χ3n) is 5.89. The number of hydrogen-bond acceptors (Lipinski definition) is 3. The first kappa shape index (κ1) is 13.8. The van der Waals surface area contributed by atoms with Crippen LogP contribution in [0.25, 0.3) is 0 Å². The lowest BCUT2D eigenvalue weighted by Gasteiger charge is -2.49.